The largest absolute Gasteiger partial charge is 0.479 e. The Balaban J connectivity index is 1.76. The topological polar surface area (TPSA) is 84.5 Å². The van der Waals surface area contributed by atoms with Crippen molar-refractivity contribution >= 4 is 45.7 Å². The van der Waals surface area contributed by atoms with Crippen molar-refractivity contribution in [3.8, 4) is 0 Å². The number of carbonyl (C=O) groups excluding carboxylic acids is 1. The number of rotatable bonds is 5. The van der Waals surface area contributed by atoms with Crippen molar-refractivity contribution < 1.29 is 27.9 Å². The van der Waals surface area contributed by atoms with Crippen molar-refractivity contribution in [3.05, 3.63) is 70.3 Å². The van der Waals surface area contributed by atoms with Crippen LogP contribution in [-0.4, -0.2) is 31.8 Å². The maximum atomic E-state index is 13.5. The van der Waals surface area contributed by atoms with E-state index >= 15 is 0 Å². The van der Waals surface area contributed by atoms with Gasteiger partial charge in [0.1, 0.15) is 0 Å². The minimum atomic E-state index is -4.70. The molecule has 1 aromatic heterocycles. The number of carboxylic acid groups (broad SMARTS) is 1. The highest BCUT2D eigenvalue weighted by Gasteiger charge is 2.37. The summed E-state index contributed by atoms with van der Waals surface area (Å²) in [7, 11) is 0. The van der Waals surface area contributed by atoms with Crippen molar-refractivity contribution in [2.24, 2.45) is 4.99 Å². The van der Waals surface area contributed by atoms with Crippen molar-refractivity contribution in [2.45, 2.75) is 25.6 Å². The lowest BCUT2D eigenvalue weighted by atomic mass is 10.00. The molecule has 1 unspecified atom stereocenters. The number of halogens is 3. The molecule has 32 heavy (non-hydrogen) atoms. The van der Waals surface area contributed by atoms with E-state index in [9.17, 15) is 27.9 Å². The smallest absolute Gasteiger partial charge is 0.416 e. The molecule has 3 aromatic rings. The molecular weight excluding hydrogens is 443 g/mol. The van der Waals surface area contributed by atoms with Crippen LogP contribution >= 0.6 is 11.8 Å². The number of aromatic nitrogens is 2. The van der Waals surface area contributed by atoms with Crippen molar-refractivity contribution in [3.63, 3.8) is 0 Å². The van der Waals surface area contributed by atoms with Crippen LogP contribution in [0.4, 0.5) is 18.0 Å². The molecule has 164 valence electrons. The zero-order valence-corrected chi connectivity index (χ0v) is 17.4. The fourth-order valence-electron chi connectivity index (χ4n) is 3.53. The molecule has 0 saturated carbocycles. The molecule has 2 aromatic carbocycles. The molecule has 0 saturated heterocycles. The molecule has 1 aliphatic heterocycles. The number of hydrogen-bond donors (Lipinski definition) is 1. The highest BCUT2D eigenvalue weighted by Crippen LogP contribution is 2.36. The van der Waals surface area contributed by atoms with Crippen LogP contribution < -0.4 is 0 Å². The van der Waals surface area contributed by atoms with Crippen molar-refractivity contribution in [1.29, 1.82) is 0 Å². The lowest BCUT2D eigenvalue weighted by Crippen LogP contribution is -2.24. The van der Waals surface area contributed by atoms with E-state index in [1.54, 1.807) is 24.3 Å². The lowest BCUT2D eigenvalue weighted by molar-refractivity contribution is -0.142. The summed E-state index contributed by atoms with van der Waals surface area (Å²) in [6, 6.07) is 8.04. The number of thioether (sulfide) groups is 1. The number of alkyl halides is 3. The van der Waals surface area contributed by atoms with Gasteiger partial charge in [0.05, 0.1) is 16.8 Å². The SMILES string of the molecule is CCC1=NC(=O)S/C1=C\c1ccc2nn(C(C(=O)O)c3ccccc3C(F)(F)F)cc2c1. The Morgan fingerprint density at radius 1 is 1.25 bits per heavy atom. The molecule has 4 rings (SSSR count). The molecule has 2 heterocycles. The zero-order valence-electron chi connectivity index (χ0n) is 16.6. The molecule has 1 atom stereocenters. The van der Waals surface area contributed by atoms with Gasteiger partial charge in [0.15, 0.2) is 6.04 Å². The van der Waals surface area contributed by atoms with Gasteiger partial charge in [-0.2, -0.15) is 18.3 Å². The Labute approximate surface area is 184 Å². The van der Waals surface area contributed by atoms with Crippen LogP contribution in [0.2, 0.25) is 0 Å². The van der Waals surface area contributed by atoms with Crippen LogP contribution in [0.15, 0.2) is 58.6 Å². The van der Waals surface area contributed by atoms with Gasteiger partial charge in [-0.1, -0.05) is 31.2 Å². The fraction of sp³-hybridized carbons (Fsp3) is 0.182. The van der Waals surface area contributed by atoms with E-state index in [2.05, 4.69) is 10.1 Å². The minimum absolute atomic E-state index is 0.283. The number of fused-ring (bicyclic) bond motifs is 1. The first kappa shape index (κ1) is 21.8. The number of allylic oxidation sites excluding steroid dienone is 1. The molecule has 1 amide bonds. The first-order valence-electron chi connectivity index (χ1n) is 9.56. The normalized spacial score (nSPS) is 16.6. The van der Waals surface area contributed by atoms with Crippen LogP contribution in [0, 0.1) is 0 Å². The Bertz CT molecular complexity index is 1290. The Morgan fingerprint density at radius 3 is 2.69 bits per heavy atom. The Hall–Kier alpha value is -3.40. The van der Waals surface area contributed by atoms with E-state index in [4.69, 9.17) is 0 Å². The summed E-state index contributed by atoms with van der Waals surface area (Å²) in [4.78, 5) is 28.2. The van der Waals surface area contributed by atoms with Gasteiger partial charge in [0.25, 0.3) is 0 Å². The van der Waals surface area contributed by atoms with E-state index < -0.39 is 29.3 Å². The molecular formula is C22H16F3N3O3S. The second kappa shape index (κ2) is 8.27. The van der Waals surface area contributed by atoms with Crippen molar-refractivity contribution in [1.82, 2.24) is 9.78 Å². The third kappa shape index (κ3) is 4.18. The van der Waals surface area contributed by atoms with Crippen LogP contribution in [0.5, 0.6) is 0 Å². The fourth-order valence-corrected chi connectivity index (χ4v) is 4.37. The number of aliphatic imine (C=N–C) groups is 1. The predicted molar refractivity (Wildman–Crippen MR) is 116 cm³/mol. The Morgan fingerprint density at radius 2 is 2.00 bits per heavy atom. The third-order valence-electron chi connectivity index (χ3n) is 4.95. The van der Waals surface area contributed by atoms with Gasteiger partial charge in [-0.05, 0) is 53.6 Å². The summed E-state index contributed by atoms with van der Waals surface area (Å²) >= 11 is 1.03. The number of hydrogen-bond acceptors (Lipinski definition) is 4. The summed E-state index contributed by atoms with van der Waals surface area (Å²) in [5.74, 6) is -1.46. The van der Waals surface area contributed by atoms with Crippen LogP contribution in [0.1, 0.15) is 36.1 Å². The molecule has 0 fully saturated rings. The summed E-state index contributed by atoms with van der Waals surface area (Å²) in [6.45, 7) is 1.89. The maximum absolute atomic E-state index is 13.5. The molecule has 10 heteroatoms. The van der Waals surface area contributed by atoms with Gasteiger partial charge in [-0.15, -0.1) is 0 Å². The van der Waals surface area contributed by atoms with Gasteiger partial charge < -0.3 is 5.11 Å². The van der Waals surface area contributed by atoms with Gasteiger partial charge >= 0.3 is 17.4 Å². The monoisotopic (exact) mass is 459 g/mol. The number of benzene rings is 2. The molecule has 0 aliphatic carbocycles. The molecule has 0 bridgehead atoms. The number of carboxylic acids is 1. The number of nitrogens with zero attached hydrogens (tertiary/aromatic N) is 3. The highest BCUT2D eigenvalue weighted by atomic mass is 32.2. The summed E-state index contributed by atoms with van der Waals surface area (Å²) in [6.07, 6.45) is -0.901. The molecule has 1 N–H and O–H groups in total. The van der Waals surface area contributed by atoms with E-state index in [0.717, 1.165) is 39.0 Å². The van der Waals surface area contributed by atoms with Crippen LogP contribution in [-0.2, 0) is 11.0 Å². The Kier molecular flexibility index (Phi) is 5.64. The average molecular weight is 459 g/mol. The summed E-state index contributed by atoms with van der Waals surface area (Å²) in [5.41, 5.74) is 0.435. The number of carbonyl (C=O) groups is 2. The lowest BCUT2D eigenvalue weighted by Gasteiger charge is -2.18. The van der Waals surface area contributed by atoms with Crippen LogP contribution in [0.3, 0.4) is 0 Å². The first-order chi connectivity index (χ1) is 15.2. The van der Waals surface area contributed by atoms with E-state index in [0.29, 0.717) is 23.0 Å². The van der Waals surface area contributed by atoms with Crippen LogP contribution in [0.25, 0.3) is 17.0 Å². The second-order valence-electron chi connectivity index (χ2n) is 7.04. The van der Waals surface area contributed by atoms with Gasteiger partial charge in [-0.3, -0.25) is 9.48 Å². The number of amides is 1. The van der Waals surface area contributed by atoms with E-state index in [1.165, 1.54) is 18.3 Å². The zero-order chi connectivity index (χ0) is 23.0. The molecule has 0 radical (unpaired) electrons. The molecule has 1 aliphatic rings. The highest BCUT2D eigenvalue weighted by molar-refractivity contribution is 8.18. The van der Waals surface area contributed by atoms with Crippen molar-refractivity contribution in [2.75, 3.05) is 0 Å². The molecule has 0 spiro atoms. The van der Waals surface area contributed by atoms with Gasteiger partial charge in [-0.25, -0.2) is 9.79 Å². The summed E-state index contributed by atoms with van der Waals surface area (Å²) in [5, 5.41) is 14.2. The van der Waals surface area contributed by atoms with Gasteiger partial charge in [0, 0.05) is 16.5 Å². The number of aliphatic carboxylic acids is 1. The first-order valence-corrected chi connectivity index (χ1v) is 10.4. The second-order valence-corrected chi connectivity index (χ2v) is 8.03. The minimum Gasteiger partial charge on any atom is -0.479 e. The maximum Gasteiger partial charge on any atom is 0.416 e. The van der Waals surface area contributed by atoms with E-state index in [1.807, 2.05) is 6.92 Å². The van der Waals surface area contributed by atoms with Gasteiger partial charge in [0.2, 0.25) is 0 Å². The molecule has 6 nitrogen and oxygen atoms in total. The third-order valence-corrected chi connectivity index (χ3v) is 5.79. The average Bonchev–Trinajstić information content (AvgIpc) is 3.29. The summed E-state index contributed by atoms with van der Waals surface area (Å²) < 4.78 is 41.4. The predicted octanol–water partition coefficient (Wildman–Crippen LogP) is 5.79. The van der Waals surface area contributed by atoms with E-state index in [-0.39, 0.29) is 5.24 Å². The quantitative estimate of drug-likeness (QED) is 0.522. The standard InChI is InChI=1S/C22H16F3N3O3S/c1-2-16-18(32-21(31)26-16)10-12-7-8-17-13(9-12)11-28(27-17)19(20(29)30)14-5-3-4-6-15(14)22(23,24)25/h3-11,19H,2H2,1H3,(H,29,30)/b18-10-.